The minimum atomic E-state index is -5.10. The molecule has 1 saturated heterocycles. The van der Waals surface area contributed by atoms with Gasteiger partial charge >= 0.3 is 10.4 Å². The molecule has 1 heterocycles. The number of unbranched alkanes of at least 4 members (excludes halogenated alkanes) is 26. The van der Waals surface area contributed by atoms with Crippen molar-refractivity contribution in [1.29, 1.82) is 0 Å². The molecule has 1 amide bonds. The van der Waals surface area contributed by atoms with E-state index >= 15 is 0 Å². The number of carbonyl (C=O) groups excluding carboxylic acids is 1. The van der Waals surface area contributed by atoms with Gasteiger partial charge in [0.1, 0.15) is 30.5 Å². The molecule has 7 N–H and O–H groups in total. The molecule has 1 aliphatic rings. The van der Waals surface area contributed by atoms with Crippen molar-refractivity contribution in [2.45, 2.75) is 255 Å². The summed E-state index contributed by atoms with van der Waals surface area (Å²) in [6, 6.07) is -1.03. The lowest BCUT2D eigenvalue weighted by Crippen LogP contribution is -2.61. The first-order valence-corrected chi connectivity index (χ1v) is 24.4. The second-order valence-corrected chi connectivity index (χ2v) is 17.5. The third kappa shape index (κ3) is 27.5. The molecular weight excluding hydrogens is 755 g/mol. The minimum Gasteiger partial charge on any atom is -0.394 e. The first-order valence-electron chi connectivity index (χ1n) is 23.0. The molecule has 0 saturated carbocycles. The van der Waals surface area contributed by atoms with Crippen molar-refractivity contribution < 1.29 is 57.0 Å². The van der Waals surface area contributed by atoms with Crippen LogP contribution in [0.25, 0.3) is 0 Å². The summed E-state index contributed by atoms with van der Waals surface area (Å²) in [7, 11) is -5.10. The van der Waals surface area contributed by atoms with E-state index < -0.39 is 78.5 Å². The fourth-order valence-corrected chi connectivity index (χ4v) is 8.09. The predicted molar refractivity (Wildman–Crippen MR) is 224 cm³/mol. The first kappa shape index (κ1) is 54.1. The summed E-state index contributed by atoms with van der Waals surface area (Å²) in [5.74, 6) is -0.669. The molecule has 0 aromatic carbocycles. The monoisotopic (exact) mass is 840 g/mol. The highest BCUT2D eigenvalue weighted by Crippen LogP contribution is 2.26. The van der Waals surface area contributed by atoms with E-state index in [0.29, 0.717) is 19.3 Å². The van der Waals surface area contributed by atoms with Crippen molar-refractivity contribution in [3.63, 3.8) is 0 Å². The van der Waals surface area contributed by atoms with Crippen LogP contribution in [0.3, 0.4) is 0 Å². The van der Waals surface area contributed by atoms with Crippen LogP contribution in [0.15, 0.2) is 0 Å². The van der Waals surface area contributed by atoms with Crippen molar-refractivity contribution in [2.75, 3.05) is 13.2 Å². The second kappa shape index (κ2) is 34.7. The van der Waals surface area contributed by atoms with Gasteiger partial charge < -0.3 is 40.3 Å². The van der Waals surface area contributed by atoms with Crippen LogP contribution in [0.4, 0.5) is 0 Å². The number of carbonyl (C=O) groups is 1. The molecule has 1 rings (SSSR count). The highest BCUT2D eigenvalue weighted by molar-refractivity contribution is 7.80. The quantitative estimate of drug-likeness (QED) is 0.0236. The molecule has 1 aliphatic heterocycles. The van der Waals surface area contributed by atoms with Crippen molar-refractivity contribution in [1.82, 2.24) is 5.32 Å². The van der Waals surface area contributed by atoms with E-state index in [1.54, 1.807) is 0 Å². The zero-order chi connectivity index (χ0) is 42.2. The van der Waals surface area contributed by atoms with E-state index in [2.05, 4.69) is 23.3 Å². The Labute approximate surface area is 346 Å². The highest BCUT2D eigenvalue weighted by atomic mass is 32.3. The number of aliphatic hydroxyl groups excluding tert-OH is 5. The number of nitrogens with one attached hydrogen (secondary N) is 1. The van der Waals surface area contributed by atoms with Gasteiger partial charge in [0.15, 0.2) is 6.29 Å². The zero-order valence-electron chi connectivity index (χ0n) is 35.8. The number of amides is 1. The van der Waals surface area contributed by atoms with Crippen molar-refractivity contribution >= 4 is 16.3 Å². The molecule has 340 valence electrons. The summed E-state index contributed by atoms with van der Waals surface area (Å²) in [5, 5.41) is 55.1. The van der Waals surface area contributed by atoms with Gasteiger partial charge in [-0.1, -0.05) is 194 Å². The van der Waals surface area contributed by atoms with E-state index in [1.807, 2.05) is 0 Å². The van der Waals surface area contributed by atoms with Crippen molar-refractivity contribution in [3.8, 4) is 0 Å². The molecule has 57 heavy (non-hydrogen) atoms. The maximum Gasteiger partial charge on any atom is 0.397 e. The number of ether oxygens (including phenoxy) is 2. The lowest BCUT2D eigenvalue weighted by molar-refractivity contribution is -0.298. The third-order valence-corrected chi connectivity index (χ3v) is 11.7. The number of hydrogen-bond acceptors (Lipinski definition) is 11. The van der Waals surface area contributed by atoms with Crippen LogP contribution in [-0.4, -0.2) is 107 Å². The minimum absolute atomic E-state index is 0.266. The standard InChI is InChI=1S/C43H85NO12S/c1-3-5-7-9-11-13-14-15-16-17-18-19-20-21-22-23-24-26-28-30-32-37(47)42(50)44-35(36(46)31-29-27-25-12-10-8-6-4-2)34-54-43-40(49)41(56-57(51,52)53)39(48)38(33-45)55-43/h35-41,43,45-49H,3-34H2,1-2H3,(H,44,50)(H,51,52,53). The zero-order valence-corrected chi connectivity index (χ0v) is 36.6. The Morgan fingerprint density at radius 3 is 1.40 bits per heavy atom. The molecule has 1 fully saturated rings. The van der Waals surface area contributed by atoms with Crippen LogP contribution < -0.4 is 5.32 Å². The SMILES string of the molecule is CCCCCCCCCCCCCCCCCCCCCCC(O)C(=O)NC(COC1OC(CO)C(O)C(OS(=O)(=O)O)C1O)C(O)CCCCCCCCCC. The summed E-state index contributed by atoms with van der Waals surface area (Å²) < 4.78 is 47.4. The van der Waals surface area contributed by atoms with Crippen LogP contribution in [0, 0.1) is 0 Å². The molecule has 0 aromatic heterocycles. The summed E-state index contributed by atoms with van der Waals surface area (Å²) >= 11 is 0. The molecule has 8 atom stereocenters. The topological polar surface area (TPSA) is 212 Å². The largest absolute Gasteiger partial charge is 0.397 e. The predicted octanol–water partition coefficient (Wildman–Crippen LogP) is 7.58. The van der Waals surface area contributed by atoms with E-state index in [9.17, 15) is 38.7 Å². The Balaban J connectivity index is 2.43. The first-order chi connectivity index (χ1) is 27.4. The fourth-order valence-electron chi connectivity index (χ4n) is 7.58. The molecular formula is C43H85NO12S. The molecule has 0 radical (unpaired) electrons. The number of rotatable bonds is 39. The van der Waals surface area contributed by atoms with Gasteiger partial charge in [0.25, 0.3) is 0 Å². The van der Waals surface area contributed by atoms with Gasteiger partial charge in [0.2, 0.25) is 5.91 Å². The lowest BCUT2D eigenvalue weighted by atomic mass is 9.99. The Hall–Kier alpha value is -0.940. The fraction of sp³-hybridized carbons (Fsp3) is 0.977. The van der Waals surface area contributed by atoms with Crippen LogP contribution in [-0.2, 0) is 28.9 Å². The summed E-state index contributed by atoms with van der Waals surface area (Å²) in [4.78, 5) is 13.1. The van der Waals surface area contributed by atoms with Gasteiger partial charge in [-0.15, -0.1) is 0 Å². The van der Waals surface area contributed by atoms with E-state index in [-0.39, 0.29) is 6.42 Å². The smallest absolute Gasteiger partial charge is 0.394 e. The average molecular weight is 840 g/mol. The Morgan fingerprint density at radius 2 is 1.02 bits per heavy atom. The highest BCUT2D eigenvalue weighted by Gasteiger charge is 2.48. The Kier molecular flexibility index (Phi) is 33.0. The molecule has 0 aromatic rings. The van der Waals surface area contributed by atoms with Gasteiger partial charge in [-0.25, -0.2) is 4.18 Å². The normalized spacial score (nSPS) is 21.7. The second-order valence-electron chi connectivity index (χ2n) is 16.5. The Bertz CT molecular complexity index is 1050. The molecule has 8 unspecified atom stereocenters. The number of aliphatic hydroxyl groups is 5. The van der Waals surface area contributed by atoms with Gasteiger partial charge in [-0.2, -0.15) is 8.42 Å². The Morgan fingerprint density at radius 1 is 0.632 bits per heavy atom. The average Bonchev–Trinajstić information content (AvgIpc) is 3.18. The third-order valence-electron chi connectivity index (χ3n) is 11.3. The summed E-state index contributed by atoms with van der Waals surface area (Å²) in [6.07, 6.45) is 23.2. The van der Waals surface area contributed by atoms with Gasteiger partial charge in [0.05, 0.1) is 25.4 Å². The van der Waals surface area contributed by atoms with Crippen molar-refractivity contribution in [2.24, 2.45) is 0 Å². The summed E-state index contributed by atoms with van der Waals surface area (Å²) in [6.45, 7) is 3.24. The van der Waals surface area contributed by atoms with Gasteiger partial charge in [-0.3, -0.25) is 9.35 Å². The van der Waals surface area contributed by atoms with Gasteiger partial charge in [-0.05, 0) is 12.8 Å². The van der Waals surface area contributed by atoms with Crippen LogP contribution in [0.2, 0.25) is 0 Å². The molecule has 0 aliphatic carbocycles. The molecule has 14 heteroatoms. The lowest BCUT2D eigenvalue weighted by Gasteiger charge is -2.41. The van der Waals surface area contributed by atoms with Crippen LogP contribution in [0.5, 0.6) is 0 Å². The van der Waals surface area contributed by atoms with Crippen LogP contribution >= 0.6 is 0 Å². The maximum absolute atomic E-state index is 13.1. The van der Waals surface area contributed by atoms with E-state index in [1.165, 1.54) is 122 Å². The van der Waals surface area contributed by atoms with Crippen LogP contribution in [0.1, 0.15) is 206 Å². The van der Waals surface area contributed by atoms with Gasteiger partial charge in [0, 0.05) is 0 Å². The van der Waals surface area contributed by atoms with E-state index in [0.717, 1.165) is 44.9 Å². The van der Waals surface area contributed by atoms with E-state index in [4.69, 9.17) is 14.0 Å². The molecule has 0 bridgehead atoms. The number of hydrogen-bond donors (Lipinski definition) is 7. The van der Waals surface area contributed by atoms with Crippen molar-refractivity contribution in [3.05, 3.63) is 0 Å². The maximum atomic E-state index is 13.1. The molecule has 0 spiro atoms. The molecule has 13 nitrogen and oxygen atoms in total. The summed E-state index contributed by atoms with van der Waals surface area (Å²) in [5.41, 5.74) is 0.